The molecule has 1 saturated heterocycles. The smallest absolute Gasteiger partial charge is 0.306 e. The number of carbonyl (C=O) groups is 1. The number of piperidine rings is 1. The maximum atomic E-state index is 12.5. The van der Waals surface area contributed by atoms with Crippen molar-refractivity contribution in [3.05, 3.63) is 42.4 Å². The van der Waals surface area contributed by atoms with Crippen LogP contribution in [-0.2, 0) is 11.2 Å². The Hall–Kier alpha value is -3.03. The molecule has 1 aliphatic rings. The molecule has 0 saturated carbocycles. The van der Waals surface area contributed by atoms with E-state index < -0.39 is 12.4 Å². The summed E-state index contributed by atoms with van der Waals surface area (Å²) < 4.78 is 30.4. The number of alkyl halides is 2. The van der Waals surface area contributed by atoms with Crippen molar-refractivity contribution in [2.45, 2.75) is 38.5 Å². The molecule has 0 spiro atoms. The van der Waals surface area contributed by atoms with Crippen molar-refractivity contribution < 1.29 is 23.1 Å². The van der Waals surface area contributed by atoms with Crippen molar-refractivity contribution in [1.29, 1.82) is 0 Å². The number of anilines is 1. The third-order valence-electron chi connectivity index (χ3n) is 5.53. The molecular formula is C22H23F2N3O3. The molecule has 0 bridgehead atoms. The van der Waals surface area contributed by atoms with E-state index >= 15 is 0 Å². The van der Waals surface area contributed by atoms with Crippen LogP contribution in [0.15, 0.2) is 41.1 Å². The number of furan rings is 1. The van der Waals surface area contributed by atoms with Crippen LogP contribution in [0, 0.1) is 5.92 Å². The van der Waals surface area contributed by atoms with Crippen LogP contribution in [0.3, 0.4) is 0 Å². The summed E-state index contributed by atoms with van der Waals surface area (Å²) >= 11 is 0. The number of rotatable bonds is 7. The SMILES string of the molecule is O=C(O)C1CCN(c2nc(CCCC(F)F)cnc2-c2ccc3occc3c2)CC1. The highest BCUT2D eigenvalue weighted by Crippen LogP contribution is 2.32. The van der Waals surface area contributed by atoms with E-state index in [-0.39, 0.29) is 12.3 Å². The van der Waals surface area contributed by atoms with Crippen molar-refractivity contribution in [2.75, 3.05) is 18.0 Å². The minimum absolute atomic E-state index is 0.167. The first-order valence-corrected chi connectivity index (χ1v) is 10.1. The molecule has 158 valence electrons. The summed E-state index contributed by atoms with van der Waals surface area (Å²) in [6, 6.07) is 7.65. The molecule has 30 heavy (non-hydrogen) atoms. The van der Waals surface area contributed by atoms with Gasteiger partial charge in [-0.25, -0.2) is 13.8 Å². The molecule has 8 heteroatoms. The highest BCUT2D eigenvalue weighted by molar-refractivity contribution is 5.85. The number of fused-ring (bicyclic) bond motifs is 1. The first-order valence-electron chi connectivity index (χ1n) is 10.1. The minimum Gasteiger partial charge on any atom is -0.481 e. The number of aromatic nitrogens is 2. The fourth-order valence-electron chi connectivity index (χ4n) is 3.85. The Balaban J connectivity index is 1.65. The Morgan fingerprint density at radius 3 is 2.80 bits per heavy atom. The van der Waals surface area contributed by atoms with Crippen molar-refractivity contribution in [1.82, 2.24) is 9.97 Å². The predicted octanol–water partition coefficient (Wildman–Crippen LogP) is 4.78. The van der Waals surface area contributed by atoms with E-state index in [1.807, 2.05) is 24.3 Å². The fraction of sp³-hybridized carbons (Fsp3) is 0.409. The molecule has 2 aromatic heterocycles. The van der Waals surface area contributed by atoms with Crippen molar-refractivity contribution in [3.63, 3.8) is 0 Å². The molecule has 0 unspecified atom stereocenters. The van der Waals surface area contributed by atoms with Crippen molar-refractivity contribution >= 4 is 22.8 Å². The van der Waals surface area contributed by atoms with Gasteiger partial charge in [0.25, 0.3) is 0 Å². The lowest BCUT2D eigenvalue weighted by molar-refractivity contribution is -0.142. The summed E-state index contributed by atoms with van der Waals surface area (Å²) in [7, 11) is 0. The van der Waals surface area contributed by atoms with Crippen LogP contribution in [0.4, 0.5) is 14.6 Å². The van der Waals surface area contributed by atoms with Gasteiger partial charge in [-0.15, -0.1) is 0 Å². The van der Waals surface area contributed by atoms with Crippen LogP contribution in [0.1, 0.15) is 31.4 Å². The zero-order valence-corrected chi connectivity index (χ0v) is 16.4. The zero-order valence-electron chi connectivity index (χ0n) is 16.4. The molecule has 4 rings (SSSR count). The molecule has 0 aliphatic carbocycles. The average Bonchev–Trinajstić information content (AvgIpc) is 3.21. The molecule has 0 atom stereocenters. The number of hydrogen-bond donors (Lipinski definition) is 1. The van der Waals surface area contributed by atoms with Gasteiger partial charge in [0.1, 0.15) is 11.3 Å². The lowest BCUT2D eigenvalue weighted by atomic mass is 9.96. The highest BCUT2D eigenvalue weighted by Gasteiger charge is 2.27. The van der Waals surface area contributed by atoms with Gasteiger partial charge in [0.15, 0.2) is 5.82 Å². The van der Waals surface area contributed by atoms with Gasteiger partial charge in [0.05, 0.1) is 17.9 Å². The lowest BCUT2D eigenvalue weighted by Crippen LogP contribution is -2.37. The summed E-state index contributed by atoms with van der Waals surface area (Å²) in [5.74, 6) is -0.447. The summed E-state index contributed by atoms with van der Waals surface area (Å²) in [6.45, 7) is 1.13. The van der Waals surface area contributed by atoms with E-state index in [4.69, 9.17) is 9.40 Å². The van der Waals surface area contributed by atoms with Crippen LogP contribution in [-0.4, -0.2) is 40.6 Å². The molecule has 3 heterocycles. The van der Waals surface area contributed by atoms with E-state index in [1.165, 1.54) is 0 Å². The molecule has 0 amide bonds. The van der Waals surface area contributed by atoms with E-state index in [1.54, 1.807) is 12.5 Å². The number of halogens is 2. The monoisotopic (exact) mass is 415 g/mol. The van der Waals surface area contributed by atoms with Gasteiger partial charge in [0.2, 0.25) is 6.43 Å². The summed E-state index contributed by atoms with van der Waals surface area (Å²) in [4.78, 5) is 22.7. The Bertz CT molecular complexity index is 1030. The summed E-state index contributed by atoms with van der Waals surface area (Å²) in [5, 5.41) is 10.2. The predicted molar refractivity (Wildman–Crippen MR) is 109 cm³/mol. The molecule has 3 aromatic rings. The van der Waals surface area contributed by atoms with Gasteiger partial charge in [-0.1, -0.05) is 0 Å². The quantitative estimate of drug-likeness (QED) is 0.598. The number of carboxylic acid groups (broad SMARTS) is 1. The third kappa shape index (κ3) is 4.42. The van der Waals surface area contributed by atoms with E-state index in [0.717, 1.165) is 16.5 Å². The number of hydrogen-bond acceptors (Lipinski definition) is 5. The van der Waals surface area contributed by atoms with Crippen LogP contribution >= 0.6 is 0 Å². The normalized spacial score (nSPS) is 15.2. The Morgan fingerprint density at radius 2 is 2.07 bits per heavy atom. The number of aryl methyl sites for hydroxylation is 1. The second-order valence-corrected chi connectivity index (χ2v) is 7.59. The van der Waals surface area contributed by atoms with Crippen LogP contribution < -0.4 is 4.90 Å². The second-order valence-electron chi connectivity index (χ2n) is 7.59. The van der Waals surface area contributed by atoms with Gasteiger partial charge >= 0.3 is 5.97 Å². The van der Waals surface area contributed by atoms with Gasteiger partial charge in [-0.3, -0.25) is 9.78 Å². The van der Waals surface area contributed by atoms with E-state index in [2.05, 4.69) is 9.88 Å². The maximum Gasteiger partial charge on any atom is 0.306 e. The van der Waals surface area contributed by atoms with Gasteiger partial charge in [-0.2, -0.15) is 0 Å². The molecule has 1 fully saturated rings. The Morgan fingerprint density at radius 1 is 1.27 bits per heavy atom. The number of aliphatic carboxylic acids is 1. The fourth-order valence-corrected chi connectivity index (χ4v) is 3.85. The Kier molecular flexibility index (Phi) is 5.92. The van der Waals surface area contributed by atoms with Crippen LogP contribution in [0.5, 0.6) is 0 Å². The summed E-state index contributed by atoms with van der Waals surface area (Å²) in [6.07, 6.45) is 2.62. The van der Waals surface area contributed by atoms with Crippen molar-refractivity contribution in [2.24, 2.45) is 5.92 Å². The van der Waals surface area contributed by atoms with Crippen LogP contribution in [0.25, 0.3) is 22.2 Å². The number of carboxylic acids is 1. The number of nitrogens with zero attached hydrogens (tertiary/aromatic N) is 3. The van der Waals surface area contributed by atoms with Gasteiger partial charge < -0.3 is 14.4 Å². The third-order valence-corrected chi connectivity index (χ3v) is 5.53. The second kappa shape index (κ2) is 8.77. The molecule has 6 nitrogen and oxygen atoms in total. The molecular weight excluding hydrogens is 392 g/mol. The topological polar surface area (TPSA) is 79.5 Å². The molecule has 1 N–H and O–H groups in total. The van der Waals surface area contributed by atoms with Crippen LogP contribution in [0.2, 0.25) is 0 Å². The molecule has 0 radical (unpaired) electrons. The van der Waals surface area contributed by atoms with E-state index in [9.17, 15) is 18.7 Å². The molecule has 1 aromatic carbocycles. The Labute approximate surface area is 172 Å². The lowest BCUT2D eigenvalue weighted by Gasteiger charge is -2.32. The summed E-state index contributed by atoms with van der Waals surface area (Å²) in [5.41, 5.74) is 3.02. The highest BCUT2D eigenvalue weighted by atomic mass is 19.3. The average molecular weight is 415 g/mol. The standard InChI is InChI=1S/C22H23F2N3O3/c23-19(24)3-1-2-17-13-25-20(16-4-5-18-15(12-16)8-11-30-18)21(26-17)27-9-6-14(7-10-27)22(28)29/h4-5,8,11-14,19H,1-3,6-7,9-10H2,(H,28,29). The zero-order chi connectivity index (χ0) is 21.1. The van der Waals surface area contributed by atoms with Crippen molar-refractivity contribution in [3.8, 4) is 11.3 Å². The first-order chi connectivity index (χ1) is 14.5. The largest absolute Gasteiger partial charge is 0.481 e. The van der Waals surface area contributed by atoms with Gasteiger partial charge in [-0.05, 0) is 49.9 Å². The van der Waals surface area contributed by atoms with Gasteiger partial charge in [0, 0.05) is 36.7 Å². The molecule has 1 aliphatic heterocycles. The number of benzene rings is 1. The minimum atomic E-state index is -2.33. The van der Waals surface area contributed by atoms with E-state index in [0.29, 0.717) is 56.0 Å². The maximum absolute atomic E-state index is 12.5. The first kappa shape index (κ1) is 20.3.